The molecule has 0 aromatic heterocycles. The van der Waals surface area contributed by atoms with Gasteiger partial charge in [0.1, 0.15) is 0 Å². The van der Waals surface area contributed by atoms with Gasteiger partial charge in [-0.15, -0.1) is 0 Å². The van der Waals surface area contributed by atoms with Crippen LogP contribution in [0.1, 0.15) is 29.5 Å². The van der Waals surface area contributed by atoms with Gasteiger partial charge in [0.25, 0.3) is 0 Å². The minimum absolute atomic E-state index is 0.244. The van der Waals surface area contributed by atoms with Gasteiger partial charge in [0.05, 0.1) is 17.2 Å². The summed E-state index contributed by atoms with van der Waals surface area (Å²) in [6.07, 6.45) is 2.12. The summed E-state index contributed by atoms with van der Waals surface area (Å²) >= 11 is 0. The van der Waals surface area contributed by atoms with Crippen molar-refractivity contribution in [3.63, 3.8) is 0 Å². The molecule has 3 nitrogen and oxygen atoms in total. The molecule has 1 saturated carbocycles. The van der Waals surface area contributed by atoms with Crippen LogP contribution in [0.3, 0.4) is 0 Å². The van der Waals surface area contributed by atoms with Gasteiger partial charge in [0.2, 0.25) is 0 Å². The van der Waals surface area contributed by atoms with Crippen molar-refractivity contribution < 1.29 is 5.11 Å². The van der Waals surface area contributed by atoms with E-state index in [-0.39, 0.29) is 11.8 Å². The molecule has 1 saturated heterocycles. The summed E-state index contributed by atoms with van der Waals surface area (Å²) in [4.78, 5) is 2.47. The van der Waals surface area contributed by atoms with Crippen LogP contribution < -0.4 is 0 Å². The maximum absolute atomic E-state index is 11.5. The Morgan fingerprint density at radius 3 is 2.42 bits per heavy atom. The molecule has 4 rings (SSSR count). The van der Waals surface area contributed by atoms with Crippen LogP contribution in [0.2, 0.25) is 0 Å². The lowest BCUT2D eigenvalue weighted by Crippen LogP contribution is -2.51. The SMILES string of the molecule is N#Cc1cccc(C2(O)C3CCC2CN(Cc2ccccc2)C3)c1. The molecular formula is C21H22N2O. The molecule has 24 heavy (non-hydrogen) atoms. The number of nitriles is 1. The summed E-state index contributed by atoms with van der Waals surface area (Å²) in [6.45, 7) is 2.78. The minimum Gasteiger partial charge on any atom is -0.384 e. The zero-order valence-corrected chi connectivity index (χ0v) is 13.7. The highest BCUT2D eigenvalue weighted by molar-refractivity contribution is 5.37. The van der Waals surface area contributed by atoms with Crippen molar-refractivity contribution in [2.75, 3.05) is 13.1 Å². The first-order valence-corrected chi connectivity index (χ1v) is 8.69. The number of hydrogen-bond acceptors (Lipinski definition) is 3. The normalized spacial score (nSPS) is 29.3. The number of nitrogens with zero attached hydrogens (tertiary/aromatic N) is 2. The number of fused-ring (bicyclic) bond motifs is 2. The predicted octanol–water partition coefficient (Wildman–Crippen LogP) is 3.29. The summed E-state index contributed by atoms with van der Waals surface area (Å²) in [6, 6.07) is 20.3. The maximum atomic E-state index is 11.5. The van der Waals surface area contributed by atoms with E-state index in [2.05, 4.69) is 35.2 Å². The molecular weight excluding hydrogens is 296 g/mol. The largest absolute Gasteiger partial charge is 0.384 e. The van der Waals surface area contributed by atoms with Gasteiger partial charge in [-0.1, -0.05) is 42.5 Å². The molecule has 2 aromatic rings. The Morgan fingerprint density at radius 2 is 1.75 bits per heavy atom. The Bertz CT molecular complexity index is 751. The molecule has 2 unspecified atom stereocenters. The van der Waals surface area contributed by atoms with Gasteiger partial charge < -0.3 is 5.11 Å². The Morgan fingerprint density at radius 1 is 1.04 bits per heavy atom. The highest BCUT2D eigenvalue weighted by Crippen LogP contribution is 2.51. The molecule has 0 spiro atoms. The molecule has 122 valence electrons. The average Bonchev–Trinajstić information content (AvgIpc) is 2.81. The predicted molar refractivity (Wildman–Crippen MR) is 93.0 cm³/mol. The number of likely N-dealkylation sites (tertiary alicyclic amines) is 1. The van der Waals surface area contributed by atoms with E-state index in [9.17, 15) is 5.11 Å². The van der Waals surface area contributed by atoms with Crippen LogP contribution in [-0.2, 0) is 12.1 Å². The molecule has 1 aliphatic heterocycles. The highest BCUT2D eigenvalue weighted by Gasteiger charge is 2.53. The fourth-order valence-corrected chi connectivity index (χ4v) is 4.61. The standard InChI is InChI=1S/C21H22N2O/c22-12-17-7-4-8-18(11-17)21(24)19-9-10-20(21)15-23(14-19)13-16-5-2-1-3-6-16/h1-8,11,19-20,24H,9-10,13-15H2. The Labute approximate surface area is 143 Å². The summed E-state index contributed by atoms with van der Waals surface area (Å²) < 4.78 is 0. The lowest BCUT2D eigenvalue weighted by atomic mass is 9.75. The number of aliphatic hydroxyl groups is 1. The first-order valence-electron chi connectivity index (χ1n) is 8.69. The number of hydrogen-bond donors (Lipinski definition) is 1. The molecule has 0 radical (unpaired) electrons. The van der Waals surface area contributed by atoms with Crippen LogP contribution in [0.25, 0.3) is 0 Å². The summed E-state index contributed by atoms with van der Waals surface area (Å²) in [5.74, 6) is 0.489. The van der Waals surface area contributed by atoms with Crippen LogP contribution in [-0.4, -0.2) is 23.1 Å². The summed E-state index contributed by atoms with van der Waals surface area (Å²) in [5.41, 5.74) is 2.11. The maximum Gasteiger partial charge on any atom is 0.0991 e. The average molecular weight is 318 g/mol. The van der Waals surface area contributed by atoms with E-state index in [0.29, 0.717) is 5.56 Å². The third kappa shape index (κ3) is 2.53. The van der Waals surface area contributed by atoms with Crippen LogP contribution in [0, 0.1) is 23.2 Å². The van der Waals surface area contributed by atoms with Crippen LogP contribution in [0.4, 0.5) is 0 Å². The zero-order valence-electron chi connectivity index (χ0n) is 13.7. The van der Waals surface area contributed by atoms with Gasteiger partial charge in [-0.25, -0.2) is 0 Å². The van der Waals surface area contributed by atoms with Crippen molar-refractivity contribution in [2.24, 2.45) is 11.8 Å². The van der Waals surface area contributed by atoms with Crippen LogP contribution >= 0.6 is 0 Å². The third-order valence-corrected chi connectivity index (χ3v) is 5.77. The fourth-order valence-electron chi connectivity index (χ4n) is 4.61. The fraction of sp³-hybridized carbons (Fsp3) is 0.381. The zero-order chi connectivity index (χ0) is 16.6. The van der Waals surface area contributed by atoms with E-state index in [1.54, 1.807) is 6.07 Å². The second-order valence-corrected chi connectivity index (χ2v) is 7.17. The van der Waals surface area contributed by atoms with Crippen LogP contribution in [0.15, 0.2) is 54.6 Å². The van der Waals surface area contributed by atoms with Gasteiger partial charge >= 0.3 is 0 Å². The first kappa shape index (κ1) is 15.4. The lowest BCUT2D eigenvalue weighted by molar-refractivity contribution is -0.0914. The van der Waals surface area contributed by atoms with Crippen LogP contribution in [0.5, 0.6) is 0 Å². The number of rotatable bonds is 3. The van der Waals surface area contributed by atoms with Gasteiger partial charge in [-0.2, -0.15) is 5.26 Å². The van der Waals surface area contributed by atoms with E-state index in [1.165, 1.54) is 5.56 Å². The molecule has 2 fully saturated rings. The molecule has 1 aliphatic carbocycles. The van der Waals surface area contributed by atoms with Crippen molar-refractivity contribution in [3.8, 4) is 6.07 Å². The van der Waals surface area contributed by atoms with Crippen molar-refractivity contribution in [2.45, 2.75) is 25.0 Å². The second-order valence-electron chi connectivity index (χ2n) is 7.17. The minimum atomic E-state index is -0.778. The molecule has 2 aliphatic rings. The topological polar surface area (TPSA) is 47.3 Å². The van der Waals surface area contributed by atoms with Gasteiger partial charge in [-0.3, -0.25) is 4.90 Å². The molecule has 1 heterocycles. The first-order chi connectivity index (χ1) is 11.7. The Kier molecular flexibility index (Phi) is 3.88. The summed E-state index contributed by atoms with van der Waals surface area (Å²) in [5, 5.41) is 20.7. The Hall–Kier alpha value is -2.15. The molecule has 2 atom stereocenters. The van der Waals surface area contributed by atoms with E-state index < -0.39 is 5.60 Å². The van der Waals surface area contributed by atoms with Crippen molar-refractivity contribution in [1.29, 1.82) is 5.26 Å². The van der Waals surface area contributed by atoms with Crippen molar-refractivity contribution in [3.05, 3.63) is 71.3 Å². The van der Waals surface area contributed by atoms with E-state index in [1.807, 2.05) is 24.3 Å². The molecule has 2 aromatic carbocycles. The smallest absolute Gasteiger partial charge is 0.0991 e. The highest BCUT2D eigenvalue weighted by atomic mass is 16.3. The monoisotopic (exact) mass is 318 g/mol. The lowest BCUT2D eigenvalue weighted by Gasteiger charge is -2.45. The van der Waals surface area contributed by atoms with Gasteiger partial charge in [0, 0.05) is 31.5 Å². The molecule has 2 bridgehead atoms. The third-order valence-electron chi connectivity index (χ3n) is 5.77. The number of piperidine rings is 1. The second kappa shape index (κ2) is 6.05. The molecule has 3 heteroatoms. The van der Waals surface area contributed by atoms with Gasteiger partial charge in [-0.05, 0) is 36.1 Å². The molecule has 0 amide bonds. The van der Waals surface area contributed by atoms with E-state index >= 15 is 0 Å². The quantitative estimate of drug-likeness (QED) is 0.944. The summed E-state index contributed by atoms with van der Waals surface area (Å²) in [7, 11) is 0. The van der Waals surface area contributed by atoms with E-state index in [4.69, 9.17) is 5.26 Å². The molecule has 1 N–H and O–H groups in total. The van der Waals surface area contributed by atoms with Gasteiger partial charge in [0.15, 0.2) is 0 Å². The Balaban J connectivity index is 1.57. The van der Waals surface area contributed by atoms with Crippen molar-refractivity contribution >= 4 is 0 Å². The number of benzene rings is 2. The van der Waals surface area contributed by atoms with E-state index in [0.717, 1.165) is 38.0 Å². The van der Waals surface area contributed by atoms with Crippen molar-refractivity contribution in [1.82, 2.24) is 4.90 Å².